The molecule has 2 rings (SSSR count). The van der Waals surface area contributed by atoms with E-state index in [2.05, 4.69) is 20.3 Å². The number of carbonyl (C=O) groups excluding carboxylic acids is 1. The largest absolute Gasteiger partial charge is 0.467 e. The van der Waals surface area contributed by atoms with Gasteiger partial charge in [0.25, 0.3) is 0 Å². The summed E-state index contributed by atoms with van der Waals surface area (Å²) >= 11 is 0. The molecule has 2 heterocycles. The molecule has 1 amide bonds. The Hall–Kier alpha value is -2.12. The van der Waals surface area contributed by atoms with E-state index in [4.69, 9.17) is 10.5 Å². The Balaban J connectivity index is 2.21. The molecule has 1 unspecified atom stereocenters. The van der Waals surface area contributed by atoms with Gasteiger partial charge in [0.05, 0.1) is 12.5 Å². The lowest BCUT2D eigenvalue weighted by molar-refractivity contribution is -0.128. The topological polar surface area (TPSA) is 106 Å². The Kier molecular flexibility index (Phi) is 3.41. The van der Waals surface area contributed by atoms with Gasteiger partial charge in [0.2, 0.25) is 17.8 Å². The molecule has 1 aromatic rings. The third-order valence-electron chi connectivity index (χ3n) is 3.33. The highest BCUT2D eigenvalue weighted by Gasteiger charge is 2.40. The summed E-state index contributed by atoms with van der Waals surface area (Å²) in [4.78, 5) is 25.9. The minimum Gasteiger partial charge on any atom is -0.467 e. The third kappa shape index (κ3) is 2.51. The summed E-state index contributed by atoms with van der Waals surface area (Å²) in [5.74, 6) is 0.566. The molecule has 0 radical (unpaired) electrons. The van der Waals surface area contributed by atoms with Gasteiger partial charge >= 0.3 is 6.01 Å². The minimum absolute atomic E-state index is 0.0176. The number of nitrogens with zero attached hydrogens (tertiary/aromatic N) is 4. The second-order valence-electron chi connectivity index (χ2n) is 4.79. The number of nitrogens with one attached hydrogen (secondary N) is 1. The van der Waals surface area contributed by atoms with E-state index in [1.165, 1.54) is 7.11 Å². The number of carbonyl (C=O) groups is 1. The SMILES string of the molecule is CNC(=O)C1(C)CCN(c2nc(N)nc(OC)n2)C1. The number of methoxy groups -OCH3 is 1. The molecular weight excluding hydrogens is 248 g/mol. The van der Waals surface area contributed by atoms with Gasteiger partial charge in [-0.05, 0) is 13.3 Å². The van der Waals surface area contributed by atoms with Crippen LogP contribution in [0.3, 0.4) is 0 Å². The van der Waals surface area contributed by atoms with Crippen LogP contribution in [0.4, 0.5) is 11.9 Å². The highest BCUT2D eigenvalue weighted by molar-refractivity contribution is 5.83. The number of hydrogen-bond acceptors (Lipinski definition) is 7. The summed E-state index contributed by atoms with van der Waals surface area (Å²) in [5, 5.41) is 2.69. The molecule has 8 heteroatoms. The van der Waals surface area contributed by atoms with Crippen molar-refractivity contribution in [2.45, 2.75) is 13.3 Å². The van der Waals surface area contributed by atoms with Gasteiger partial charge in [-0.1, -0.05) is 0 Å². The minimum atomic E-state index is -0.441. The van der Waals surface area contributed by atoms with Crippen molar-refractivity contribution in [2.75, 3.05) is 37.9 Å². The van der Waals surface area contributed by atoms with Crippen LogP contribution >= 0.6 is 0 Å². The highest BCUT2D eigenvalue weighted by Crippen LogP contribution is 2.32. The Labute approximate surface area is 111 Å². The number of nitrogen functional groups attached to an aromatic ring is 1. The predicted molar refractivity (Wildman–Crippen MR) is 69.8 cm³/mol. The number of anilines is 2. The summed E-state index contributed by atoms with van der Waals surface area (Å²) in [5.41, 5.74) is 5.17. The first kappa shape index (κ1) is 13.3. The number of nitrogens with two attached hydrogens (primary N) is 1. The van der Waals surface area contributed by atoms with Crippen LogP contribution in [-0.4, -0.2) is 48.1 Å². The standard InChI is InChI=1S/C11H18N6O2/c1-11(7(18)13-2)4-5-17(6-11)9-14-8(12)15-10(16-9)19-3/h4-6H2,1-3H3,(H,13,18)(H2,12,14,15,16). The van der Waals surface area contributed by atoms with Gasteiger partial charge in [-0.15, -0.1) is 0 Å². The van der Waals surface area contributed by atoms with Crippen molar-refractivity contribution in [2.24, 2.45) is 5.41 Å². The second-order valence-corrected chi connectivity index (χ2v) is 4.79. The fourth-order valence-corrected chi connectivity index (χ4v) is 2.21. The van der Waals surface area contributed by atoms with E-state index < -0.39 is 5.41 Å². The monoisotopic (exact) mass is 266 g/mol. The van der Waals surface area contributed by atoms with Crippen molar-refractivity contribution in [1.29, 1.82) is 0 Å². The maximum absolute atomic E-state index is 11.9. The Bertz CT molecular complexity index is 494. The van der Waals surface area contributed by atoms with Gasteiger partial charge in [-0.2, -0.15) is 15.0 Å². The summed E-state index contributed by atoms with van der Waals surface area (Å²) in [6, 6.07) is 0.177. The average Bonchev–Trinajstić information content (AvgIpc) is 2.81. The van der Waals surface area contributed by atoms with E-state index in [0.717, 1.165) is 6.42 Å². The second kappa shape index (κ2) is 4.87. The summed E-state index contributed by atoms with van der Waals surface area (Å²) in [6.45, 7) is 3.16. The Morgan fingerprint density at radius 1 is 1.47 bits per heavy atom. The average molecular weight is 266 g/mol. The van der Waals surface area contributed by atoms with Crippen molar-refractivity contribution in [1.82, 2.24) is 20.3 Å². The van der Waals surface area contributed by atoms with Gasteiger partial charge in [-0.25, -0.2) is 0 Å². The Morgan fingerprint density at radius 3 is 2.84 bits per heavy atom. The fraction of sp³-hybridized carbons (Fsp3) is 0.636. The maximum atomic E-state index is 11.9. The zero-order chi connectivity index (χ0) is 14.0. The number of aromatic nitrogens is 3. The molecule has 19 heavy (non-hydrogen) atoms. The summed E-state index contributed by atoms with van der Waals surface area (Å²) in [6.07, 6.45) is 0.737. The first-order valence-corrected chi connectivity index (χ1v) is 6.01. The van der Waals surface area contributed by atoms with Crippen LogP contribution in [0.5, 0.6) is 6.01 Å². The molecule has 1 aromatic heterocycles. The Morgan fingerprint density at radius 2 is 2.21 bits per heavy atom. The summed E-state index contributed by atoms with van der Waals surface area (Å²) < 4.78 is 4.97. The van der Waals surface area contributed by atoms with Crippen LogP contribution in [0, 0.1) is 5.41 Å². The van der Waals surface area contributed by atoms with Crippen LogP contribution < -0.4 is 20.7 Å². The number of rotatable bonds is 3. The molecule has 3 N–H and O–H groups in total. The molecular formula is C11H18N6O2. The lowest BCUT2D eigenvalue weighted by Gasteiger charge is -2.22. The van der Waals surface area contributed by atoms with Gasteiger partial charge in [0.1, 0.15) is 0 Å². The van der Waals surface area contributed by atoms with Crippen molar-refractivity contribution in [3.05, 3.63) is 0 Å². The van der Waals surface area contributed by atoms with Crippen molar-refractivity contribution < 1.29 is 9.53 Å². The number of ether oxygens (including phenoxy) is 1. The molecule has 1 aliphatic heterocycles. The van der Waals surface area contributed by atoms with E-state index in [1.54, 1.807) is 7.05 Å². The van der Waals surface area contributed by atoms with Crippen molar-refractivity contribution in [3.8, 4) is 6.01 Å². The number of amides is 1. The first-order chi connectivity index (χ1) is 8.98. The number of hydrogen-bond donors (Lipinski definition) is 2. The summed E-state index contributed by atoms with van der Waals surface area (Å²) in [7, 11) is 3.11. The molecule has 0 aromatic carbocycles. The van der Waals surface area contributed by atoms with Crippen LogP contribution in [0.15, 0.2) is 0 Å². The first-order valence-electron chi connectivity index (χ1n) is 6.01. The molecule has 104 valence electrons. The zero-order valence-electron chi connectivity index (χ0n) is 11.3. The molecule has 1 atom stereocenters. The van der Waals surface area contributed by atoms with Crippen molar-refractivity contribution >= 4 is 17.8 Å². The molecule has 0 saturated carbocycles. The van der Waals surface area contributed by atoms with Gasteiger partial charge in [0.15, 0.2) is 0 Å². The van der Waals surface area contributed by atoms with Gasteiger partial charge in [-0.3, -0.25) is 4.79 Å². The predicted octanol–water partition coefficient (Wildman–Crippen LogP) is -0.575. The molecule has 1 aliphatic rings. The van der Waals surface area contributed by atoms with E-state index in [1.807, 2.05) is 11.8 Å². The smallest absolute Gasteiger partial charge is 0.322 e. The van der Waals surface area contributed by atoms with Gasteiger partial charge in [0, 0.05) is 20.1 Å². The van der Waals surface area contributed by atoms with Crippen LogP contribution in [0.25, 0.3) is 0 Å². The van der Waals surface area contributed by atoms with Crippen LogP contribution in [0.1, 0.15) is 13.3 Å². The highest BCUT2D eigenvalue weighted by atomic mass is 16.5. The third-order valence-corrected chi connectivity index (χ3v) is 3.33. The molecule has 0 bridgehead atoms. The van der Waals surface area contributed by atoms with Crippen LogP contribution in [0.2, 0.25) is 0 Å². The zero-order valence-corrected chi connectivity index (χ0v) is 11.3. The van der Waals surface area contributed by atoms with E-state index in [-0.39, 0.29) is 17.9 Å². The lowest BCUT2D eigenvalue weighted by atomic mass is 9.89. The molecule has 1 fully saturated rings. The van der Waals surface area contributed by atoms with E-state index >= 15 is 0 Å². The molecule has 0 aliphatic carbocycles. The fourth-order valence-electron chi connectivity index (χ4n) is 2.21. The van der Waals surface area contributed by atoms with Gasteiger partial charge < -0.3 is 20.7 Å². The normalized spacial score (nSPS) is 22.4. The van der Waals surface area contributed by atoms with E-state index in [9.17, 15) is 4.79 Å². The van der Waals surface area contributed by atoms with E-state index in [0.29, 0.717) is 19.0 Å². The quantitative estimate of drug-likeness (QED) is 0.754. The van der Waals surface area contributed by atoms with Crippen molar-refractivity contribution in [3.63, 3.8) is 0 Å². The van der Waals surface area contributed by atoms with Crippen LogP contribution in [-0.2, 0) is 4.79 Å². The molecule has 1 saturated heterocycles. The lowest BCUT2D eigenvalue weighted by Crippen LogP contribution is -2.39. The maximum Gasteiger partial charge on any atom is 0.322 e. The molecule has 0 spiro atoms. The molecule has 8 nitrogen and oxygen atoms in total.